The third-order valence-electron chi connectivity index (χ3n) is 5.80. The average Bonchev–Trinajstić information content (AvgIpc) is 3.30. The van der Waals surface area contributed by atoms with E-state index in [1.807, 2.05) is 51.2 Å². The van der Waals surface area contributed by atoms with Gasteiger partial charge in [-0.15, -0.1) is 0 Å². The number of benzene rings is 1. The molecule has 0 radical (unpaired) electrons. The number of morpholine rings is 1. The summed E-state index contributed by atoms with van der Waals surface area (Å²) in [6.45, 7) is 10.9. The van der Waals surface area contributed by atoms with Crippen molar-refractivity contribution in [3.63, 3.8) is 0 Å². The SMILES string of the molecule is CC(C)(C)c1cc(NC(=O)Nc2ccc(-c3ccc(CCCN4CCOCC4)nc3)cc2)no1. The van der Waals surface area contributed by atoms with Crippen LogP contribution in [-0.2, 0) is 16.6 Å². The predicted molar refractivity (Wildman–Crippen MR) is 133 cm³/mol. The number of pyridine rings is 1. The zero-order valence-electron chi connectivity index (χ0n) is 20.1. The number of anilines is 2. The maximum Gasteiger partial charge on any atom is 0.324 e. The fraction of sp³-hybridized carbons (Fsp3) is 0.423. The minimum atomic E-state index is -0.371. The summed E-state index contributed by atoms with van der Waals surface area (Å²) >= 11 is 0. The second kappa shape index (κ2) is 10.8. The summed E-state index contributed by atoms with van der Waals surface area (Å²) in [6.07, 6.45) is 3.98. The molecule has 1 fully saturated rings. The van der Waals surface area contributed by atoms with Crippen molar-refractivity contribution in [2.24, 2.45) is 0 Å². The van der Waals surface area contributed by atoms with Crippen LogP contribution in [0.15, 0.2) is 53.2 Å². The Kier molecular flexibility index (Phi) is 7.59. The van der Waals surface area contributed by atoms with E-state index in [0.717, 1.165) is 62.5 Å². The van der Waals surface area contributed by atoms with E-state index in [9.17, 15) is 4.79 Å². The summed E-state index contributed by atoms with van der Waals surface area (Å²) in [6, 6.07) is 13.2. The lowest BCUT2D eigenvalue weighted by Crippen LogP contribution is -2.36. The first kappa shape index (κ1) is 23.9. The van der Waals surface area contributed by atoms with Crippen molar-refractivity contribution in [2.45, 2.75) is 39.0 Å². The maximum atomic E-state index is 12.3. The monoisotopic (exact) mass is 463 g/mol. The Balaban J connectivity index is 1.26. The Morgan fingerprint density at radius 2 is 1.76 bits per heavy atom. The van der Waals surface area contributed by atoms with E-state index < -0.39 is 0 Å². The van der Waals surface area contributed by atoms with E-state index in [0.29, 0.717) is 17.3 Å². The first-order valence-electron chi connectivity index (χ1n) is 11.8. The van der Waals surface area contributed by atoms with E-state index in [1.54, 1.807) is 6.07 Å². The van der Waals surface area contributed by atoms with Crippen LogP contribution in [0.1, 0.15) is 38.6 Å². The fourth-order valence-corrected chi connectivity index (χ4v) is 3.76. The number of nitrogens with zero attached hydrogens (tertiary/aromatic N) is 3. The Labute approximate surface area is 200 Å². The Morgan fingerprint density at radius 3 is 2.41 bits per heavy atom. The molecule has 1 aromatic carbocycles. The molecule has 8 nitrogen and oxygen atoms in total. The molecular formula is C26H33N5O3. The molecule has 2 amide bonds. The van der Waals surface area contributed by atoms with E-state index in [-0.39, 0.29) is 11.4 Å². The second-order valence-corrected chi connectivity index (χ2v) is 9.58. The number of rotatable bonds is 7. The zero-order chi connectivity index (χ0) is 24.0. The summed E-state index contributed by atoms with van der Waals surface area (Å²) in [7, 11) is 0. The number of nitrogens with one attached hydrogen (secondary N) is 2. The quantitative estimate of drug-likeness (QED) is 0.515. The molecule has 1 aliphatic heterocycles. The molecule has 1 saturated heterocycles. The summed E-state index contributed by atoms with van der Waals surface area (Å²) in [5.74, 6) is 1.10. The van der Waals surface area contributed by atoms with Crippen molar-refractivity contribution in [3.05, 3.63) is 60.1 Å². The molecule has 8 heteroatoms. The van der Waals surface area contributed by atoms with Gasteiger partial charge >= 0.3 is 6.03 Å². The molecule has 180 valence electrons. The fourth-order valence-electron chi connectivity index (χ4n) is 3.76. The van der Waals surface area contributed by atoms with Gasteiger partial charge in [0.1, 0.15) is 5.76 Å². The lowest BCUT2D eigenvalue weighted by molar-refractivity contribution is 0.0374. The van der Waals surface area contributed by atoms with Crippen LogP contribution < -0.4 is 10.6 Å². The summed E-state index contributed by atoms with van der Waals surface area (Å²) < 4.78 is 10.7. The van der Waals surface area contributed by atoms with Crippen molar-refractivity contribution in [1.82, 2.24) is 15.0 Å². The lowest BCUT2D eigenvalue weighted by atomic mass is 9.93. The molecule has 3 aromatic rings. The molecule has 0 atom stereocenters. The van der Waals surface area contributed by atoms with Crippen LogP contribution in [0, 0.1) is 0 Å². The van der Waals surface area contributed by atoms with Crippen molar-refractivity contribution in [3.8, 4) is 11.1 Å². The van der Waals surface area contributed by atoms with E-state index >= 15 is 0 Å². The van der Waals surface area contributed by atoms with Gasteiger partial charge in [0, 0.05) is 47.7 Å². The molecule has 4 rings (SSSR count). The number of carbonyl (C=O) groups excluding carboxylic acids is 1. The number of carbonyl (C=O) groups is 1. The van der Waals surface area contributed by atoms with Crippen LogP contribution in [0.25, 0.3) is 11.1 Å². The van der Waals surface area contributed by atoms with E-state index in [4.69, 9.17) is 9.26 Å². The Hall–Kier alpha value is -3.23. The van der Waals surface area contributed by atoms with E-state index in [2.05, 4.69) is 37.8 Å². The summed E-state index contributed by atoms with van der Waals surface area (Å²) in [5.41, 5.74) is 3.72. The molecule has 0 bridgehead atoms. The van der Waals surface area contributed by atoms with Gasteiger partial charge in [-0.05, 0) is 43.1 Å². The summed E-state index contributed by atoms with van der Waals surface area (Å²) in [4.78, 5) is 19.4. The minimum absolute atomic E-state index is 0.171. The van der Waals surface area contributed by atoms with Gasteiger partial charge in [-0.1, -0.05) is 44.1 Å². The topological polar surface area (TPSA) is 92.5 Å². The second-order valence-electron chi connectivity index (χ2n) is 9.58. The molecule has 0 spiro atoms. The van der Waals surface area contributed by atoms with Gasteiger partial charge in [0.15, 0.2) is 5.82 Å². The summed E-state index contributed by atoms with van der Waals surface area (Å²) in [5, 5.41) is 9.42. The predicted octanol–water partition coefficient (Wildman–Crippen LogP) is 4.94. The number of amides is 2. The van der Waals surface area contributed by atoms with Gasteiger partial charge in [-0.3, -0.25) is 15.2 Å². The molecule has 0 unspecified atom stereocenters. The number of aryl methyl sites for hydroxylation is 1. The van der Waals surface area contributed by atoms with Crippen molar-refractivity contribution >= 4 is 17.5 Å². The molecule has 1 aliphatic rings. The molecular weight excluding hydrogens is 430 g/mol. The van der Waals surface area contributed by atoms with Crippen molar-refractivity contribution in [1.29, 1.82) is 0 Å². The lowest BCUT2D eigenvalue weighted by Gasteiger charge is -2.26. The number of urea groups is 1. The van der Waals surface area contributed by atoms with Gasteiger partial charge < -0.3 is 14.6 Å². The molecule has 3 heterocycles. The van der Waals surface area contributed by atoms with Gasteiger partial charge in [0.25, 0.3) is 0 Å². The third kappa shape index (κ3) is 6.65. The van der Waals surface area contributed by atoms with Crippen LogP contribution in [0.2, 0.25) is 0 Å². The normalized spacial score (nSPS) is 14.7. The smallest absolute Gasteiger partial charge is 0.324 e. The highest BCUT2D eigenvalue weighted by Gasteiger charge is 2.20. The zero-order valence-corrected chi connectivity index (χ0v) is 20.1. The standard InChI is InChI=1S/C26H33N5O3/c1-26(2,3)23-17-24(30-34-23)29-25(32)28-22-10-6-19(7-11-22)20-8-9-21(27-18-20)5-4-12-31-13-15-33-16-14-31/h6-11,17-18H,4-5,12-16H2,1-3H3,(H2,28,29,30,32). The van der Waals surface area contributed by atoms with Crippen LogP contribution in [0.5, 0.6) is 0 Å². The highest BCUT2D eigenvalue weighted by atomic mass is 16.5. The highest BCUT2D eigenvalue weighted by Crippen LogP contribution is 2.25. The van der Waals surface area contributed by atoms with E-state index in [1.165, 1.54) is 0 Å². The molecule has 2 N–H and O–H groups in total. The van der Waals surface area contributed by atoms with Crippen LogP contribution in [0.4, 0.5) is 16.3 Å². The minimum Gasteiger partial charge on any atom is -0.379 e. The first-order chi connectivity index (χ1) is 16.4. The average molecular weight is 464 g/mol. The Bertz CT molecular complexity index is 1070. The van der Waals surface area contributed by atoms with Crippen LogP contribution >= 0.6 is 0 Å². The van der Waals surface area contributed by atoms with Gasteiger partial charge in [-0.2, -0.15) is 0 Å². The third-order valence-corrected chi connectivity index (χ3v) is 5.80. The largest absolute Gasteiger partial charge is 0.379 e. The molecule has 0 saturated carbocycles. The Morgan fingerprint density at radius 1 is 1.03 bits per heavy atom. The van der Waals surface area contributed by atoms with Gasteiger partial charge in [0.2, 0.25) is 0 Å². The van der Waals surface area contributed by atoms with Crippen LogP contribution in [-0.4, -0.2) is 53.9 Å². The van der Waals surface area contributed by atoms with Crippen molar-refractivity contribution in [2.75, 3.05) is 43.5 Å². The van der Waals surface area contributed by atoms with Gasteiger partial charge in [0.05, 0.1) is 13.2 Å². The van der Waals surface area contributed by atoms with Crippen LogP contribution in [0.3, 0.4) is 0 Å². The number of hydrogen-bond donors (Lipinski definition) is 2. The number of hydrogen-bond acceptors (Lipinski definition) is 6. The van der Waals surface area contributed by atoms with Crippen molar-refractivity contribution < 1.29 is 14.1 Å². The molecule has 2 aromatic heterocycles. The van der Waals surface area contributed by atoms with Gasteiger partial charge in [-0.25, -0.2) is 4.79 Å². The first-order valence-corrected chi connectivity index (χ1v) is 11.8. The maximum absolute atomic E-state index is 12.3. The molecule has 0 aliphatic carbocycles. The number of aromatic nitrogens is 2. The highest BCUT2D eigenvalue weighted by molar-refractivity contribution is 5.99. The molecule has 34 heavy (non-hydrogen) atoms. The number of ether oxygens (including phenoxy) is 1.